The van der Waals surface area contributed by atoms with Crippen molar-refractivity contribution in [2.45, 2.75) is 51.1 Å². The molecule has 1 spiro atoms. The van der Waals surface area contributed by atoms with Crippen molar-refractivity contribution < 1.29 is 23.6 Å². The number of para-hydroxylation sites is 1. The molecular weight excluding hydrogens is 548 g/mol. The molecule has 2 aliphatic rings. The van der Waals surface area contributed by atoms with Crippen molar-refractivity contribution in [2.75, 3.05) is 17.2 Å². The lowest BCUT2D eigenvalue weighted by molar-refractivity contribution is -0.141. The summed E-state index contributed by atoms with van der Waals surface area (Å²) in [5.74, 6) is -3.94. The summed E-state index contributed by atoms with van der Waals surface area (Å²) in [4.78, 5) is 53.8. The molecule has 12 heteroatoms. The molecule has 3 atom stereocenters. The molecule has 4 rings (SSSR count). The van der Waals surface area contributed by atoms with Gasteiger partial charge in [0.05, 0.1) is 27.2 Å². The molecule has 204 valence electrons. The van der Waals surface area contributed by atoms with E-state index in [4.69, 9.17) is 23.2 Å². The summed E-state index contributed by atoms with van der Waals surface area (Å²) in [6.45, 7) is 5.50. The van der Waals surface area contributed by atoms with Gasteiger partial charge < -0.3 is 20.9 Å². The number of fused-ring (bicyclic) bond motifs is 2. The molecule has 1 unspecified atom stereocenters. The Labute approximate surface area is 234 Å². The molecule has 0 saturated carbocycles. The third-order valence-corrected chi connectivity index (χ3v) is 7.38. The number of hydrogen-bond acceptors (Lipinski definition) is 5. The quantitative estimate of drug-likeness (QED) is 0.475. The topological polar surface area (TPSA) is 131 Å². The number of likely N-dealkylation sites (tertiary alicyclic amines) is 1. The van der Waals surface area contributed by atoms with Crippen LogP contribution in [0.1, 0.15) is 39.2 Å². The SMILES string of the molecule is CC(C)(C)C[C@H](NC(=O)C(=O)Nc1c(Cl)cc(F)cc1Cl)C(=O)N1C[C@]2(CC1C#N)C(=O)Nc1ccccc12. The first kappa shape index (κ1) is 28.3. The highest BCUT2D eigenvalue weighted by Crippen LogP contribution is 2.46. The third kappa shape index (κ3) is 5.56. The number of carbonyl (C=O) groups excluding carboxylic acids is 4. The zero-order chi connectivity index (χ0) is 28.7. The van der Waals surface area contributed by atoms with Crippen molar-refractivity contribution in [3.05, 3.63) is 57.8 Å². The van der Waals surface area contributed by atoms with Gasteiger partial charge in [0.15, 0.2) is 0 Å². The lowest BCUT2D eigenvalue weighted by Crippen LogP contribution is -2.53. The van der Waals surface area contributed by atoms with E-state index in [1.165, 1.54) is 4.90 Å². The summed E-state index contributed by atoms with van der Waals surface area (Å²) >= 11 is 11.9. The number of nitriles is 1. The molecule has 9 nitrogen and oxygen atoms in total. The minimum Gasteiger partial charge on any atom is -0.336 e. The monoisotopic (exact) mass is 573 g/mol. The van der Waals surface area contributed by atoms with Crippen LogP contribution in [0.4, 0.5) is 15.8 Å². The number of hydrogen-bond donors (Lipinski definition) is 3. The van der Waals surface area contributed by atoms with Gasteiger partial charge in [-0.15, -0.1) is 0 Å². The number of halogens is 3. The van der Waals surface area contributed by atoms with E-state index in [1.807, 2.05) is 20.8 Å². The van der Waals surface area contributed by atoms with Gasteiger partial charge in [-0.05, 0) is 35.6 Å². The Kier molecular flexibility index (Phi) is 7.61. The van der Waals surface area contributed by atoms with E-state index in [1.54, 1.807) is 24.3 Å². The van der Waals surface area contributed by atoms with Gasteiger partial charge in [0.25, 0.3) is 0 Å². The van der Waals surface area contributed by atoms with Gasteiger partial charge in [-0.2, -0.15) is 5.26 Å². The molecule has 2 heterocycles. The molecule has 2 aromatic carbocycles. The molecule has 2 aromatic rings. The normalized spacial score (nSPS) is 20.7. The maximum absolute atomic E-state index is 13.8. The molecule has 4 amide bonds. The van der Waals surface area contributed by atoms with E-state index >= 15 is 0 Å². The van der Waals surface area contributed by atoms with Crippen LogP contribution >= 0.6 is 23.2 Å². The van der Waals surface area contributed by atoms with Crippen LogP contribution < -0.4 is 16.0 Å². The lowest BCUT2D eigenvalue weighted by Gasteiger charge is -2.31. The van der Waals surface area contributed by atoms with E-state index in [9.17, 15) is 28.8 Å². The van der Waals surface area contributed by atoms with Crippen LogP contribution in [0.25, 0.3) is 0 Å². The fourth-order valence-electron chi connectivity index (χ4n) is 5.05. The summed E-state index contributed by atoms with van der Waals surface area (Å²) in [5.41, 5.74) is -0.395. The van der Waals surface area contributed by atoms with Crippen molar-refractivity contribution in [2.24, 2.45) is 5.41 Å². The number of nitrogens with zero attached hydrogens (tertiary/aromatic N) is 2. The summed E-state index contributed by atoms with van der Waals surface area (Å²) in [7, 11) is 0. The van der Waals surface area contributed by atoms with Gasteiger partial charge in [0.2, 0.25) is 11.8 Å². The van der Waals surface area contributed by atoms with E-state index in [0.717, 1.165) is 12.1 Å². The van der Waals surface area contributed by atoms with Gasteiger partial charge in [0.1, 0.15) is 17.9 Å². The fourth-order valence-corrected chi connectivity index (χ4v) is 5.61. The van der Waals surface area contributed by atoms with E-state index in [0.29, 0.717) is 11.3 Å². The smallest absolute Gasteiger partial charge is 0.313 e. The largest absolute Gasteiger partial charge is 0.336 e. The summed E-state index contributed by atoms with van der Waals surface area (Å²) in [5, 5.41) is 17.0. The average molecular weight is 574 g/mol. The number of amides is 4. The Hall–Kier alpha value is -3.68. The van der Waals surface area contributed by atoms with E-state index in [2.05, 4.69) is 22.0 Å². The Morgan fingerprint density at radius 1 is 1.21 bits per heavy atom. The molecular formula is C27H26Cl2FN5O4. The van der Waals surface area contributed by atoms with Gasteiger partial charge in [0, 0.05) is 18.7 Å². The highest BCUT2D eigenvalue weighted by atomic mass is 35.5. The molecule has 0 aromatic heterocycles. The number of anilines is 2. The summed E-state index contributed by atoms with van der Waals surface area (Å²) in [6.07, 6.45) is 0.226. The van der Waals surface area contributed by atoms with E-state index in [-0.39, 0.29) is 41.0 Å². The molecule has 3 N–H and O–H groups in total. The van der Waals surface area contributed by atoms with Gasteiger partial charge >= 0.3 is 11.8 Å². The third-order valence-electron chi connectivity index (χ3n) is 6.79. The van der Waals surface area contributed by atoms with Gasteiger partial charge in [-0.1, -0.05) is 62.2 Å². The minimum atomic E-state index is -1.19. The molecule has 39 heavy (non-hydrogen) atoms. The standard InChI is InChI=1S/C27H26Cl2FN5O4/c1-26(2,3)11-20(32-22(36)23(37)34-21-17(28)8-14(30)9-18(21)29)24(38)35-13-27(10-15(35)12-31)16-6-4-5-7-19(16)33-25(27)39/h4-9,15,20H,10-11,13H2,1-3H3,(H,32,36)(H,33,39)(H,34,37)/t15?,20-,27-/m0/s1. The predicted octanol–water partition coefficient (Wildman–Crippen LogP) is 4.01. The van der Waals surface area contributed by atoms with Crippen LogP contribution in [0.3, 0.4) is 0 Å². The van der Waals surface area contributed by atoms with Crippen molar-refractivity contribution in [1.82, 2.24) is 10.2 Å². The van der Waals surface area contributed by atoms with Crippen LogP contribution in [0.5, 0.6) is 0 Å². The van der Waals surface area contributed by atoms with Crippen molar-refractivity contribution >= 4 is 58.2 Å². The van der Waals surface area contributed by atoms with Crippen molar-refractivity contribution in [3.63, 3.8) is 0 Å². The molecule has 2 aliphatic heterocycles. The number of benzene rings is 2. The highest BCUT2D eigenvalue weighted by molar-refractivity contribution is 6.44. The van der Waals surface area contributed by atoms with Crippen LogP contribution in [0, 0.1) is 22.6 Å². The number of rotatable bonds is 4. The Balaban J connectivity index is 1.58. The number of carbonyl (C=O) groups is 4. The van der Waals surface area contributed by atoms with Crippen LogP contribution in [-0.4, -0.2) is 47.2 Å². The zero-order valence-corrected chi connectivity index (χ0v) is 22.9. The minimum absolute atomic E-state index is 0.0591. The van der Waals surface area contributed by atoms with E-state index < -0.39 is 46.5 Å². The van der Waals surface area contributed by atoms with Gasteiger partial charge in [-0.25, -0.2) is 4.39 Å². The maximum Gasteiger partial charge on any atom is 0.313 e. The second kappa shape index (κ2) is 10.5. The fraction of sp³-hybridized carbons (Fsp3) is 0.370. The molecule has 1 fully saturated rings. The second-order valence-electron chi connectivity index (χ2n) is 10.9. The summed E-state index contributed by atoms with van der Waals surface area (Å²) in [6, 6.07) is 8.97. The molecule has 0 bridgehead atoms. The Morgan fingerprint density at radius 3 is 2.46 bits per heavy atom. The second-order valence-corrected chi connectivity index (χ2v) is 11.7. The van der Waals surface area contributed by atoms with Crippen molar-refractivity contribution in [1.29, 1.82) is 5.26 Å². The van der Waals surface area contributed by atoms with Crippen LogP contribution in [0.15, 0.2) is 36.4 Å². The molecule has 1 saturated heterocycles. The summed E-state index contributed by atoms with van der Waals surface area (Å²) < 4.78 is 13.5. The highest BCUT2D eigenvalue weighted by Gasteiger charge is 2.56. The number of nitrogens with one attached hydrogen (secondary N) is 3. The first-order valence-corrected chi connectivity index (χ1v) is 12.9. The van der Waals surface area contributed by atoms with Crippen LogP contribution in [0.2, 0.25) is 10.0 Å². The first-order chi connectivity index (χ1) is 18.3. The zero-order valence-electron chi connectivity index (χ0n) is 21.4. The van der Waals surface area contributed by atoms with Gasteiger partial charge in [-0.3, -0.25) is 19.2 Å². The Morgan fingerprint density at radius 2 is 1.85 bits per heavy atom. The maximum atomic E-state index is 13.8. The van der Waals surface area contributed by atoms with Crippen molar-refractivity contribution in [3.8, 4) is 6.07 Å². The van der Waals surface area contributed by atoms with Crippen LogP contribution in [-0.2, 0) is 24.6 Å². The Bertz CT molecular complexity index is 1400. The predicted molar refractivity (Wildman–Crippen MR) is 144 cm³/mol. The average Bonchev–Trinajstić information content (AvgIpc) is 3.37. The molecule has 0 radical (unpaired) electrons. The first-order valence-electron chi connectivity index (χ1n) is 12.1. The molecule has 0 aliphatic carbocycles. The lowest BCUT2D eigenvalue weighted by atomic mass is 9.80.